The molecule has 1 fully saturated rings. The summed E-state index contributed by atoms with van der Waals surface area (Å²) >= 11 is 6.06. The zero-order valence-corrected chi connectivity index (χ0v) is 13.9. The van der Waals surface area contributed by atoms with Crippen LogP contribution in [0.1, 0.15) is 18.9 Å². The van der Waals surface area contributed by atoms with E-state index in [-0.39, 0.29) is 34.3 Å². The molecule has 1 aromatic carbocycles. The van der Waals surface area contributed by atoms with E-state index in [4.69, 9.17) is 17.3 Å². The molecular formula is C13H20Cl2N2O2S. The second kappa shape index (κ2) is 6.62. The van der Waals surface area contributed by atoms with Crippen LogP contribution < -0.4 is 5.73 Å². The van der Waals surface area contributed by atoms with Gasteiger partial charge in [-0.25, -0.2) is 8.42 Å². The molecule has 114 valence electrons. The molecule has 4 nitrogen and oxygen atoms in total. The van der Waals surface area contributed by atoms with E-state index in [0.717, 1.165) is 12.0 Å². The van der Waals surface area contributed by atoms with Crippen molar-refractivity contribution in [2.75, 3.05) is 13.1 Å². The molecule has 1 saturated heterocycles. The standard InChI is InChI=1S/C13H19ClN2O2S.ClH/c1-9-3-4-13(12(14)7-9)19(17,18)16-6-5-11(8-16)10(2)15;/h3-4,7,10-11H,5-6,8,15H2,1-2H3;1H. The molecule has 2 rings (SSSR count). The van der Waals surface area contributed by atoms with Gasteiger partial charge in [-0.15, -0.1) is 12.4 Å². The Balaban J connectivity index is 0.00000200. The van der Waals surface area contributed by atoms with Crippen LogP contribution in [0.4, 0.5) is 0 Å². The summed E-state index contributed by atoms with van der Waals surface area (Å²) in [6.07, 6.45) is 0.806. The molecular weight excluding hydrogens is 319 g/mol. The lowest BCUT2D eigenvalue weighted by Gasteiger charge is -2.19. The zero-order valence-electron chi connectivity index (χ0n) is 11.5. The van der Waals surface area contributed by atoms with Gasteiger partial charge < -0.3 is 5.73 Å². The summed E-state index contributed by atoms with van der Waals surface area (Å²) in [7, 11) is -3.51. The van der Waals surface area contributed by atoms with Gasteiger partial charge in [0.2, 0.25) is 10.0 Å². The average Bonchev–Trinajstić information content (AvgIpc) is 2.78. The van der Waals surface area contributed by atoms with Gasteiger partial charge in [0.05, 0.1) is 5.02 Å². The highest BCUT2D eigenvalue weighted by molar-refractivity contribution is 7.89. The Morgan fingerprint density at radius 1 is 1.45 bits per heavy atom. The van der Waals surface area contributed by atoms with E-state index in [9.17, 15) is 8.42 Å². The average molecular weight is 339 g/mol. The first-order valence-electron chi connectivity index (χ1n) is 6.34. The first kappa shape index (κ1) is 17.7. The summed E-state index contributed by atoms with van der Waals surface area (Å²) in [5.74, 6) is 0.221. The molecule has 2 unspecified atom stereocenters. The maximum Gasteiger partial charge on any atom is 0.244 e. The summed E-state index contributed by atoms with van der Waals surface area (Å²) in [5, 5.41) is 0.282. The predicted octanol–water partition coefficient (Wildman–Crippen LogP) is 2.43. The molecule has 1 aliphatic heterocycles. The molecule has 2 atom stereocenters. The Hall–Kier alpha value is -0.330. The lowest BCUT2D eigenvalue weighted by Crippen LogP contribution is -2.33. The maximum absolute atomic E-state index is 12.5. The summed E-state index contributed by atoms with van der Waals surface area (Å²) in [5.41, 5.74) is 6.79. The Morgan fingerprint density at radius 2 is 2.10 bits per heavy atom. The topological polar surface area (TPSA) is 63.4 Å². The molecule has 0 spiro atoms. The van der Waals surface area contributed by atoms with Gasteiger partial charge >= 0.3 is 0 Å². The normalized spacial score (nSPS) is 21.5. The molecule has 0 saturated carbocycles. The quantitative estimate of drug-likeness (QED) is 0.920. The molecule has 0 aliphatic carbocycles. The van der Waals surface area contributed by atoms with Crippen molar-refractivity contribution in [1.82, 2.24) is 4.31 Å². The van der Waals surface area contributed by atoms with Crippen LogP contribution in [0.25, 0.3) is 0 Å². The fourth-order valence-corrected chi connectivity index (χ4v) is 4.44. The third kappa shape index (κ3) is 3.46. The lowest BCUT2D eigenvalue weighted by atomic mass is 10.0. The summed E-state index contributed by atoms with van der Waals surface area (Å²) in [6.45, 7) is 4.78. The van der Waals surface area contributed by atoms with Crippen LogP contribution in [0.2, 0.25) is 5.02 Å². The minimum Gasteiger partial charge on any atom is -0.328 e. The number of halogens is 2. The van der Waals surface area contributed by atoms with E-state index in [1.807, 2.05) is 13.8 Å². The molecule has 20 heavy (non-hydrogen) atoms. The van der Waals surface area contributed by atoms with Crippen molar-refractivity contribution in [2.24, 2.45) is 11.7 Å². The highest BCUT2D eigenvalue weighted by Gasteiger charge is 2.34. The van der Waals surface area contributed by atoms with E-state index < -0.39 is 10.0 Å². The van der Waals surface area contributed by atoms with Crippen LogP contribution in [-0.2, 0) is 10.0 Å². The van der Waals surface area contributed by atoms with Crippen LogP contribution in [0.3, 0.4) is 0 Å². The second-order valence-electron chi connectivity index (χ2n) is 5.20. The molecule has 0 radical (unpaired) electrons. The van der Waals surface area contributed by atoms with Gasteiger partial charge in [-0.2, -0.15) is 4.31 Å². The second-order valence-corrected chi connectivity index (χ2v) is 7.52. The largest absolute Gasteiger partial charge is 0.328 e. The molecule has 1 aromatic rings. The summed E-state index contributed by atoms with van der Waals surface area (Å²) < 4.78 is 26.6. The fraction of sp³-hybridized carbons (Fsp3) is 0.538. The van der Waals surface area contributed by atoms with Crippen molar-refractivity contribution in [3.05, 3.63) is 28.8 Å². The van der Waals surface area contributed by atoms with Crippen LogP contribution in [0.15, 0.2) is 23.1 Å². The molecule has 2 N–H and O–H groups in total. The molecule has 1 heterocycles. The van der Waals surface area contributed by atoms with Gasteiger partial charge in [0.15, 0.2) is 0 Å². The summed E-state index contributed by atoms with van der Waals surface area (Å²) in [4.78, 5) is 0.185. The van der Waals surface area contributed by atoms with Gasteiger partial charge in [0.1, 0.15) is 4.90 Å². The lowest BCUT2D eigenvalue weighted by molar-refractivity contribution is 0.429. The first-order valence-corrected chi connectivity index (χ1v) is 8.16. The van der Waals surface area contributed by atoms with Crippen LogP contribution in [0, 0.1) is 12.8 Å². The number of sulfonamides is 1. The Kier molecular flexibility index (Phi) is 5.87. The Labute approximate surface area is 131 Å². The number of hydrogen-bond acceptors (Lipinski definition) is 3. The van der Waals surface area contributed by atoms with Crippen molar-refractivity contribution in [2.45, 2.75) is 31.2 Å². The SMILES string of the molecule is Cc1ccc(S(=O)(=O)N2CCC(C(C)N)C2)c(Cl)c1.Cl. The van der Waals surface area contributed by atoms with E-state index in [1.165, 1.54) is 4.31 Å². The zero-order chi connectivity index (χ0) is 14.2. The van der Waals surface area contributed by atoms with Crippen molar-refractivity contribution < 1.29 is 8.42 Å². The van der Waals surface area contributed by atoms with Crippen LogP contribution in [0.5, 0.6) is 0 Å². The minimum atomic E-state index is -3.51. The fourth-order valence-electron chi connectivity index (χ4n) is 2.36. The van der Waals surface area contributed by atoms with E-state index in [2.05, 4.69) is 0 Å². The smallest absolute Gasteiger partial charge is 0.244 e. The third-order valence-corrected chi connectivity index (χ3v) is 5.98. The number of benzene rings is 1. The number of aryl methyl sites for hydroxylation is 1. The molecule has 1 aliphatic rings. The Bertz CT molecular complexity index is 576. The van der Waals surface area contributed by atoms with E-state index in [1.54, 1.807) is 18.2 Å². The highest BCUT2D eigenvalue weighted by atomic mass is 35.5. The Morgan fingerprint density at radius 3 is 2.60 bits per heavy atom. The number of rotatable bonds is 3. The van der Waals surface area contributed by atoms with Gasteiger partial charge in [0.25, 0.3) is 0 Å². The number of nitrogens with zero attached hydrogens (tertiary/aromatic N) is 1. The van der Waals surface area contributed by atoms with E-state index >= 15 is 0 Å². The van der Waals surface area contributed by atoms with Gasteiger partial charge in [-0.1, -0.05) is 17.7 Å². The van der Waals surface area contributed by atoms with Crippen LogP contribution >= 0.6 is 24.0 Å². The van der Waals surface area contributed by atoms with Crippen molar-refractivity contribution in [3.8, 4) is 0 Å². The van der Waals surface area contributed by atoms with Gasteiger partial charge in [-0.05, 0) is 43.9 Å². The first-order chi connectivity index (χ1) is 8.82. The maximum atomic E-state index is 12.5. The highest BCUT2D eigenvalue weighted by Crippen LogP contribution is 2.30. The minimum absolute atomic E-state index is 0. The van der Waals surface area contributed by atoms with Gasteiger partial charge in [0, 0.05) is 19.1 Å². The summed E-state index contributed by atoms with van der Waals surface area (Å²) in [6, 6.07) is 5.02. The molecule has 7 heteroatoms. The number of nitrogens with two attached hydrogens (primary N) is 1. The number of hydrogen-bond donors (Lipinski definition) is 1. The van der Waals surface area contributed by atoms with Crippen molar-refractivity contribution >= 4 is 34.0 Å². The van der Waals surface area contributed by atoms with Crippen LogP contribution in [-0.4, -0.2) is 31.9 Å². The molecule has 0 amide bonds. The van der Waals surface area contributed by atoms with Crippen molar-refractivity contribution in [1.29, 1.82) is 0 Å². The predicted molar refractivity (Wildman–Crippen MR) is 84.0 cm³/mol. The third-order valence-electron chi connectivity index (χ3n) is 3.64. The molecule has 0 aromatic heterocycles. The van der Waals surface area contributed by atoms with Gasteiger partial charge in [-0.3, -0.25) is 0 Å². The van der Waals surface area contributed by atoms with Crippen molar-refractivity contribution in [3.63, 3.8) is 0 Å². The molecule has 0 bridgehead atoms. The monoisotopic (exact) mass is 338 g/mol. The van der Waals surface area contributed by atoms with E-state index in [0.29, 0.717) is 13.1 Å².